The SMILES string of the molecule is CC(N)C1CCCN(C(=O)CC(C)(C)c2ccccc2)C1.Cl. The van der Waals surface area contributed by atoms with Crippen LogP contribution in [0.3, 0.4) is 0 Å². The molecule has 1 saturated heterocycles. The molecule has 2 N–H and O–H groups in total. The summed E-state index contributed by atoms with van der Waals surface area (Å²) in [5.41, 5.74) is 7.11. The van der Waals surface area contributed by atoms with Crippen LogP contribution in [0.5, 0.6) is 0 Å². The van der Waals surface area contributed by atoms with Crippen LogP contribution in [0.25, 0.3) is 0 Å². The average molecular weight is 325 g/mol. The molecule has 0 aliphatic carbocycles. The Morgan fingerprint density at radius 3 is 2.59 bits per heavy atom. The number of nitrogens with zero attached hydrogens (tertiary/aromatic N) is 1. The summed E-state index contributed by atoms with van der Waals surface area (Å²) in [6, 6.07) is 10.5. The molecule has 0 saturated carbocycles. The lowest BCUT2D eigenvalue weighted by molar-refractivity contribution is -0.134. The number of likely N-dealkylation sites (tertiary alicyclic amines) is 1. The highest BCUT2D eigenvalue weighted by atomic mass is 35.5. The van der Waals surface area contributed by atoms with E-state index in [1.54, 1.807) is 0 Å². The fourth-order valence-corrected chi connectivity index (χ4v) is 3.15. The van der Waals surface area contributed by atoms with E-state index in [1.165, 1.54) is 5.56 Å². The molecule has 1 fully saturated rings. The van der Waals surface area contributed by atoms with Gasteiger partial charge in [-0.2, -0.15) is 0 Å². The number of nitrogens with two attached hydrogens (primary N) is 1. The zero-order valence-electron chi connectivity index (χ0n) is 13.9. The molecule has 1 heterocycles. The van der Waals surface area contributed by atoms with Crippen LogP contribution in [0, 0.1) is 5.92 Å². The summed E-state index contributed by atoms with van der Waals surface area (Å²) >= 11 is 0. The first-order valence-corrected chi connectivity index (χ1v) is 7.99. The summed E-state index contributed by atoms with van der Waals surface area (Å²) in [7, 11) is 0. The molecule has 0 spiro atoms. The number of hydrogen-bond donors (Lipinski definition) is 1. The van der Waals surface area contributed by atoms with E-state index in [-0.39, 0.29) is 29.8 Å². The van der Waals surface area contributed by atoms with Gasteiger partial charge in [0.15, 0.2) is 0 Å². The van der Waals surface area contributed by atoms with E-state index in [2.05, 4.69) is 26.0 Å². The lowest BCUT2D eigenvalue weighted by Crippen LogP contribution is -2.46. The number of benzene rings is 1. The Balaban J connectivity index is 0.00000242. The summed E-state index contributed by atoms with van der Waals surface area (Å²) in [4.78, 5) is 14.7. The van der Waals surface area contributed by atoms with Gasteiger partial charge in [-0.3, -0.25) is 4.79 Å². The first kappa shape index (κ1) is 19.0. The predicted octanol–water partition coefficient (Wildman–Crippen LogP) is 3.36. The van der Waals surface area contributed by atoms with Gasteiger partial charge in [0, 0.05) is 25.6 Å². The first-order chi connectivity index (χ1) is 9.90. The van der Waals surface area contributed by atoms with Crippen molar-refractivity contribution in [2.24, 2.45) is 11.7 Å². The third-order valence-corrected chi connectivity index (χ3v) is 4.70. The monoisotopic (exact) mass is 324 g/mol. The summed E-state index contributed by atoms with van der Waals surface area (Å²) in [6.07, 6.45) is 2.77. The van der Waals surface area contributed by atoms with Gasteiger partial charge in [-0.15, -0.1) is 12.4 Å². The molecular formula is C18H29ClN2O. The Kier molecular flexibility index (Phi) is 6.89. The zero-order valence-corrected chi connectivity index (χ0v) is 14.7. The normalized spacial score (nSPS) is 20.2. The molecule has 2 atom stereocenters. The van der Waals surface area contributed by atoms with Crippen molar-refractivity contribution in [3.8, 4) is 0 Å². The van der Waals surface area contributed by atoms with Crippen LogP contribution in [0.4, 0.5) is 0 Å². The lowest BCUT2D eigenvalue weighted by Gasteiger charge is -2.36. The van der Waals surface area contributed by atoms with Gasteiger partial charge in [0.05, 0.1) is 0 Å². The number of halogens is 1. The smallest absolute Gasteiger partial charge is 0.223 e. The largest absolute Gasteiger partial charge is 0.342 e. The molecule has 22 heavy (non-hydrogen) atoms. The summed E-state index contributed by atoms with van der Waals surface area (Å²) in [5.74, 6) is 0.705. The van der Waals surface area contributed by atoms with Crippen LogP contribution >= 0.6 is 12.4 Å². The van der Waals surface area contributed by atoms with E-state index in [9.17, 15) is 4.79 Å². The van der Waals surface area contributed by atoms with E-state index in [0.29, 0.717) is 12.3 Å². The van der Waals surface area contributed by atoms with Gasteiger partial charge >= 0.3 is 0 Å². The number of carbonyl (C=O) groups is 1. The molecule has 2 rings (SSSR count). The first-order valence-electron chi connectivity index (χ1n) is 7.99. The maximum Gasteiger partial charge on any atom is 0.223 e. The predicted molar refractivity (Wildman–Crippen MR) is 94.3 cm³/mol. The number of hydrogen-bond acceptors (Lipinski definition) is 2. The molecule has 0 bridgehead atoms. The van der Waals surface area contributed by atoms with Crippen LogP contribution in [-0.4, -0.2) is 29.9 Å². The third-order valence-electron chi connectivity index (χ3n) is 4.70. The molecule has 1 aliphatic heterocycles. The fraction of sp³-hybridized carbons (Fsp3) is 0.611. The van der Waals surface area contributed by atoms with Crippen molar-refractivity contribution in [2.75, 3.05) is 13.1 Å². The van der Waals surface area contributed by atoms with Gasteiger partial charge in [0.2, 0.25) is 5.91 Å². The van der Waals surface area contributed by atoms with Crippen molar-refractivity contribution in [3.05, 3.63) is 35.9 Å². The summed E-state index contributed by atoms with van der Waals surface area (Å²) < 4.78 is 0. The average Bonchev–Trinajstić information content (AvgIpc) is 2.48. The lowest BCUT2D eigenvalue weighted by atomic mass is 9.81. The van der Waals surface area contributed by atoms with Crippen molar-refractivity contribution in [3.63, 3.8) is 0 Å². The van der Waals surface area contributed by atoms with Crippen LogP contribution in [0.15, 0.2) is 30.3 Å². The topological polar surface area (TPSA) is 46.3 Å². The molecule has 2 unspecified atom stereocenters. The van der Waals surface area contributed by atoms with Crippen LogP contribution in [0.2, 0.25) is 0 Å². The molecule has 4 heteroatoms. The van der Waals surface area contributed by atoms with Gasteiger partial charge in [-0.25, -0.2) is 0 Å². The maximum absolute atomic E-state index is 12.6. The minimum Gasteiger partial charge on any atom is -0.342 e. The zero-order chi connectivity index (χ0) is 15.5. The van der Waals surface area contributed by atoms with Gasteiger partial charge in [0.25, 0.3) is 0 Å². The second-order valence-electron chi connectivity index (χ2n) is 7.03. The van der Waals surface area contributed by atoms with Crippen LogP contribution < -0.4 is 5.73 Å². The van der Waals surface area contributed by atoms with Gasteiger partial charge in [-0.1, -0.05) is 44.2 Å². The Morgan fingerprint density at radius 2 is 2.00 bits per heavy atom. The van der Waals surface area contributed by atoms with Crippen LogP contribution in [-0.2, 0) is 10.2 Å². The molecular weight excluding hydrogens is 296 g/mol. The van der Waals surface area contributed by atoms with E-state index in [0.717, 1.165) is 25.9 Å². The Bertz CT molecular complexity index is 473. The Labute approximate surface area is 140 Å². The number of piperidine rings is 1. The number of rotatable bonds is 4. The second kappa shape index (κ2) is 7.98. The quantitative estimate of drug-likeness (QED) is 0.923. The fourth-order valence-electron chi connectivity index (χ4n) is 3.15. The van der Waals surface area contributed by atoms with Crippen molar-refractivity contribution in [1.29, 1.82) is 0 Å². The molecule has 1 amide bonds. The van der Waals surface area contributed by atoms with E-state index < -0.39 is 0 Å². The van der Waals surface area contributed by atoms with E-state index in [1.807, 2.05) is 30.0 Å². The molecule has 124 valence electrons. The van der Waals surface area contributed by atoms with Crippen molar-refractivity contribution in [2.45, 2.75) is 51.5 Å². The molecule has 0 aromatic heterocycles. The molecule has 1 aromatic carbocycles. The molecule has 3 nitrogen and oxygen atoms in total. The van der Waals surface area contributed by atoms with Gasteiger partial charge < -0.3 is 10.6 Å². The molecule has 1 aliphatic rings. The standard InChI is InChI=1S/C18H28N2O.ClH/c1-14(19)15-8-7-11-20(13-15)17(21)12-18(2,3)16-9-5-4-6-10-16;/h4-6,9-10,14-15H,7-8,11-13,19H2,1-3H3;1H. The number of amides is 1. The molecule has 1 aromatic rings. The molecule has 0 radical (unpaired) electrons. The Morgan fingerprint density at radius 1 is 1.36 bits per heavy atom. The van der Waals surface area contributed by atoms with Crippen LogP contribution in [0.1, 0.15) is 45.6 Å². The van der Waals surface area contributed by atoms with Gasteiger partial charge in [-0.05, 0) is 36.7 Å². The minimum absolute atomic E-state index is 0. The Hall–Kier alpha value is -1.06. The third kappa shape index (κ3) is 4.72. The highest BCUT2D eigenvalue weighted by Crippen LogP contribution is 2.29. The van der Waals surface area contributed by atoms with Crippen molar-refractivity contribution < 1.29 is 4.79 Å². The highest BCUT2D eigenvalue weighted by molar-refractivity contribution is 5.85. The highest BCUT2D eigenvalue weighted by Gasteiger charge is 2.30. The summed E-state index contributed by atoms with van der Waals surface area (Å²) in [5, 5.41) is 0. The van der Waals surface area contributed by atoms with E-state index >= 15 is 0 Å². The van der Waals surface area contributed by atoms with Crippen molar-refractivity contribution in [1.82, 2.24) is 4.90 Å². The van der Waals surface area contributed by atoms with E-state index in [4.69, 9.17) is 5.73 Å². The minimum atomic E-state index is -0.125. The summed E-state index contributed by atoms with van der Waals surface area (Å²) in [6.45, 7) is 8.04. The van der Waals surface area contributed by atoms with Gasteiger partial charge in [0.1, 0.15) is 0 Å². The second-order valence-corrected chi connectivity index (χ2v) is 7.03. The number of carbonyl (C=O) groups excluding carboxylic acids is 1. The van der Waals surface area contributed by atoms with Crippen molar-refractivity contribution >= 4 is 18.3 Å². The maximum atomic E-state index is 12.6.